The Labute approximate surface area is 129 Å². The Hall–Kier alpha value is -2.30. The van der Waals surface area contributed by atoms with Crippen molar-refractivity contribution in [3.8, 4) is 0 Å². The minimum Gasteiger partial charge on any atom is -0.438 e. The zero-order valence-corrected chi connectivity index (χ0v) is 12.6. The lowest BCUT2D eigenvalue weighted by molar-refractivity contribution is -0.113. The molecule has 22 heavy (non-hydrogen) atoms. The Kier molecular flexibility index (Phi) is 3.64. The second kappa shape index (κ2) is 5.48. The van der Waals surface area contributed by atoms with E-state index in [2.05, 4.69) is 5.32 Å². The van der Waals surface area contributed by atoms with E-state index in [1.165, 1.54) is 12.5 Å². The molecule has 1 spiro atoms. The molecule has 1 aliphatic carbocycles. The van der Waals surface area contributed by atoms with Crippen LogP contribution in [-0.2, 0) is 15.1 Å². The van der Waals surface area contributed by atoms with Crippen LogP contribution >= 0.6 is 0 Å². The standard InChI is InChI=1S/C17H20N2O3/c1-11(9-15(18)20)12-5-6-14-13(10-12)17(22-16(21)19-14)7-3-2-4-8-17/h5-6,9-10H,2-4,7-8H2,1H3,(H2,18,20)(H,19,21)/b11-9-. The van der Waals surface area contributed by atoms with Crippen LogP contribution in [-0.4, -0.2) is 12.0 Å². The van der Waals surface area contributed by atoms with E-state index in [0.29, 0.717) is 0 Å². The van der Waals surface area contributed by atoms with Crippen molar-refractivity contribution < 1.29 is 14.3 Å². The number of rotatable bonds is 2. The number of amides is 2. The molecule has 0 radical (unpaired) electrons. The highest BCUT2D eigenvalue weighted by Gasteiger charge is 2.42. The van der Waals surface area contributed by atoms with Crippen molar-refractivity contribution in [1.29, 1.82) is 0 Å². The summed E-state index contributed by atoms with van der Waals surface area (Å²) in [7, 11) is 0. The topological polar surface area (TPSA) is 81.4 Å². The van der Waals surface area contributed by atoms with Crippen molar-refractivity contribution >= 4 is 23.3 Å². The fraction of sp³-hybridized carbons (Fsp3) is 0.412. The van der Waals surface area contributed by atoms with Gasteiger partial charge < -0.3 is 10.5 Å². The molecule has 0 atom stereocenters. The smallest absolute Gasteiger partial charge is 0.412 e. The van der Waals surface area contributed by atoms with Crippen LogP contribution in [0.1, 0.15) is 50.2 Å². The summed E-state index contributed by atoms with van der Waals surface area (Å²) < 4.78 is 5.70. The van der Waals surface area contributed by atoms with Crippen molar-refractivity contribution in [2.24, 2.45) is 5.73 Å². The molecular weight excluding hydrogens is 280 g/mol. The van der Waals surface area contributed by atoms with Crippen LogP contribution in [0.4, 0.5) is 10.5 Å². The van der Waals surface area contributed by atoms with E-state index in [1.54, 1.807) is 0 Å². The van der Waals surface area contributed by atoms with Crippen molar-refractivity contribution in [2.45, 2.75) is 44.6 Å². The highest BCUT2D eigenvalue weighted by atomic mass is 16.6. The maximum absolute atomic E-state index is 11.9. The summed E-state index contributed by atoms with van der Waals surface area (Å²) in [5, 5.41) is 2.77. The number of carbonyl (C=O) groups excluding carboxylic acids is 2. The second-order valence-electron chi connectivity index (χ2n) is 6.06. The van der Waals surface area contributed by atoms with E-state index < -0.39 is 11.5 Å². The van der Waals surface area contributed by atoms with Crippen LogP contribution in [0.15, 0.2) is 24.3 Å². The molecule has 0 unspecified atom stereocenters. The third-order valence-electron chi connectivity index (χ3n) is 4.51. The maximum atomic E-state index is 11.9. The Morgan fingerprint density at radius 3 is 2.73 bits per heavy atom. The largest absolute Gasteiger partial charge is 0.438 e. The van der Waals surface area contributed by atoms with Gasteiger partial charge in [-0.15, -0.1) is 0 Å². The van der Waals surface area contributed by atoms with Crippen molar-refractivity contribution in [3.63, 3.8) is 0 Å². The van der Waals surface area contributed by atoms with Gasteiger partial charge in [0.05, 0.1) is 5.69 Å². The van der Waals surface area contributed by atoms with Gasteiger partial charge in [0.1, 0.15) is 5.60 Å². The quantitative estimate of drug-likeness (QED) is 0.822. The van der Waals surface area contributed by atoms with Gasteiger partial charge >= 0.3 is 6.09 Å². The molecule has 116 valence electrons. The van der Waals surface area contributed by atoms with Gasteiger partial charge in [-0.05, 0) is 55.9 Å². The number of nitrogens with one attached hydrogen (secondary N) is 1. The second-order valence-corrected chi connectivity index (χ2v) is 6.06. The van der Waals surface area contributed by atoms with Gasteiger partial charge in [0, 0.05) is 11.6 Å². The van der Waals surface area contributed by atoms with Gasteiger partial charge in [0.2, 0.25) is 5.91 Å². The van der Waals surface area contributed by atoms with Crippen LogP contribution in [0.5, 0.6) is 0 Å². The van der Waals surface area contributed by atoms with Crippen LogP contribution in [0.25, 0.3) is 5.57 Å². The van der Waals surface area contributed by atoms with Crippen LogP contribution in [0.3, 0.4) is 0 Å². The minimum absolute atomic E-state index is 0.383. The van der Waals surface area contributed by atoms with Crippen LogP contribution in [0.2, 0.25) is 0 Å². The fourth-order valence-corrected chi connectivity index (χ4v) is 3.43. The van der Waals surface area contributed by atoms with Gasteiger partial charge in [-0.1, -0.05) is 12.5 Å². The number of ether oxygens (including phenoxy) is 1. The fourth-order valence-electron chi connectivity index (χ4n) is 3.43. The Bertz CT molecular complexity index is 658. The molecule has 3 N–H and O–H groups in total. The number of benzene rings is 1. The van der Waals surface area contributed by atoms with Crippen molar-refractivity contribution in [3.05, 3.63) is 35.4 Å². The first-order valence-electron chi connectivity index (χ1n) is 7.63. The molecule has 0 saturated heterocycles. The van der Waals surface area contributed by atoms with Crippen molar-refractivity contribution in [1.82, 2.24) is 0 Å². The number of hydrogen-bond acceptors (Lipinski definition) is 3. The first-order chi connectivity index (χ1) is 10.5. The number of nitrogens with two attached hydrogens (primary N) is 1. The van der Waals surface area contributed by atoms with Crippen molar-refractivity contribution in [2.75, 3.05) is 5.32 Å². The number of fused-ring (bicyclic) bond motifs is 2. The summed E-state index contributed by atoms with van der Waals surface area (Å²) in [6.07, 6.45) is 5.98. The Balaban J connectivity index is 2.07. The van der Waals surface area contributed by atoms with E-state index in [1.807, 2.05) is 25.1 Å². The molecule has 5 nitrogen and oxygen atoms in total. The number of hydrogen-bond donors (Lipinski definition) is 2. The lowest BCUT2D eigenvalue weighted by Gasteiger charge is -2.41. The van der Waals surface area contributed by atoms with Gasteiger partial charge in [0.15, 0.2) is 0 Å². The lowest BCUT2D eigenvalue weighted by atomic mass is 9.77. The molecule has 0 bridgehead atoms. The lowest BCUT2D eigenvalue weighted by Crippen LogP contribution is -2.41. The van der Waals surface area contributed by atoms with Gasteiger partial charge in [-0.3, -0.25) is 10.1 Å². The molecule has 2 aliphatic rings. The predicted octanol–water partition coefficient (Wildman–Crippen LogP) is 3.30. The number of carbonyl (C=O) groups is 2. The maximum Gasteiger partial charge on any atom is 0.412 e. The molecular formula is C17H20N2O3. The minimum atomic E-state index is -0.529. The Morgan fingerprint density at radius 2 is 2.05 bits per heavy atom. The number of anilines is 1. The molecule has 1 aromatic rings. The first-order valence-corrected chi connectivity index (χ1v) is 7.63. The third kappa shape index (κ3) is 2.58. The monoisotopic (exact) mass is 300 g/mol. The summed E-state index contributed by atoms with van der Waals surface area (Å²) in [6, 6.07) is 5.77. The summed E-state index contributed by atoms with van der Waals surface area (Å²) in [6.45, 7) is 1.85. The van der Waals surface area contributed by atoms with E-state index >= 15 is 0 Å². The zero-order chi connectivity index (χ0) is 15.7. The molecule has 1 heterocycles. The molecule has 5 heteroatoms. The zero-order valence-electron chi connectivity index (χ0n) is 12.6. The van der Waals surface area contributed by atoms with E-state index in [4.69, 9.17) is 10.5 Å². The highest BCUT2D eigenvalue weighted by molar-refractivity contribution is 5.94. The van der Waals surface area contributed by atoms with E-state index in [0.717, 1.165) is 48.1 Å². The molecule has 0 aromatic heterocycles. The van der Waals surface area contributed by atoms with E-state index in [-0.39, 0.29) is 6.09 Å². The van der Waals surface area contributed by atoms with Gasteiger partial charge in [0.25, 0.3) is 0 Å². The normalized spacial score (nSPS) is 20.0. The van der Waals surface area contributed by atoms with E-state index in [9.17, 15) is 9.59 Å². The summed E-state index contributed by atoms with van der Waals surface area (Å²) in [4.78, 5) is 22.9. The predicted molar refractivity (Wildman–Crippen MR) is 84.2 cm³/mol. The first kappa shape index (κ1) is 14.6. The molecule has 1 saturated carbocycles. The van der Waals surface area contributed by atoms with Crippen LogP contribution < -0.4 is 11.1 Å². The number of primary amides is 1. The average molecular weight is 300 g/mol. The van der Waals surface area contributed by atoms with Gasteiger partial charge in [-0.2, -0.15) is 0 Å². The SMILES string of the molecule is C/C(=C/C(N)=O)c1ccc2c(c1)C1(CCCCC1)OC(=O)N2. The number of allylic oxidation sites excluding steroid dienone is 1. The molecule has 1 aliphatic heterocycles. The summed E-state index contributed by atoms with van der Waals surface area (Å²) in [5.74, 6) is -0.466. The summed E-state index contributed by atoms with van der Waals surface area (Å²) >= 11 is 0. The molecule has 1 fully saturated rings. The molecule has 2 amide bonds. The third-order valence-corrected chi connectivity index (χ3v) is 4.51. The highest BCUT2D eigenvalue weighted by Crippen LogP contribution is 2.46. The Morgan fingerprint density at radius 1 is 1.32 bits per heavy atom. The molecule has 1 aromatic carbocycles. The average Bonchev–Trinajstić information content (AvgIpc) is 2.47. The van der Waals surface area contributed by atoms with Gasteiger partial charge in [-0.25, -0.2) is 4.79 Å². The summed E-state index contributed by atoms with van der Waals surface area (Å²) in [5.41, 5.74) is 8.22. The molecule has 3 rings (SSSR count). The van der Waals surface area contributed by atoms with Crippen LogP contribution in [0, 0.1) is 0 Å².